The minimum absolute atomic E-state index is 0.519. The zero-order valence-electron chi connectivity index (χ0n) is 5.92. The fourth-order valence-corrected chi connectivity index (χ4v) is 0.406. The second-order valence-electron chi connectivity index (χ2n) is 1.84. The van der Waals surface area contributed by atoms with E-state index in [-0.39, 0.29) is 0 Å². The molecule has 1 nitrogen and oxygen atoms in total. The highest BCUT2D eigenvalue weighted by molar-refractivity contribution is 5.52. The first kappa shape index (κ1) is 8.15. The number of carbonyl (C=O) groups excluding carboxylic acids is 1. The molecule has 0 saturated heterocycles. The van der Waals surface area contributed by atoms with E-state index in [1.54, 1.807) is 0 Å². The molecule has 0 aliphatic heterocycles. The van der Waals surface area contributed by atoms with E-state index in [2.05, 4.69) is 0 Å². The lowest BCUT2D eigenvalue weighted by Crippen LogP contribution is -1.68. The monoisotopic (exact) mass is 124 g/mol. The average molecular weight is 124 g/mol. The van der Waals surface area contributed by atoms with Gasteiger partial charge in [-0.15, -0.1) is 0 Å². The molecule has 0 rings (SSSR count). The first-order chi connectivity index (χ1) is 4.31. The number of hydrogen-bond donors (Lipinski definition) is 0. The van der Waals surface area contributed by atoms with Crippen molar-refractivity contribution in [1.29, 1.82) is 0 Å². The molecule has 0 radical (unpaired) electrons. The van der Waals surface area contributed by atoms with Crippen molar-refractivity contribution in [3.05, 3.63) is 23.8 Å². The van der Waals surface area contributed by atoms with Gasteiger partial charge in [-0.3, -0.25) is 0 Å². The maximum absolute atomic E-state index is 9.80. The molecule has 0 fully saturated rings. The number of allylic oxidation sites excluding steroid dienone is 4. The molecule has 0 N–H and O–H groups in total. The smallest absolute Gasteiger partial charge is 0.123 e. The largest absolute Gasteiger partial charge is 0.303 e. The summed E-state index contributed by atoms with van der Waals surface area (Å²) in [6, 6.07) is 0. The lowest BCUT2D eigenvalue weighted by molar-refractivity contribution is -0.107. The van der Waals surface area contributed by atoms with Crippen molar-refractivity contribution >= 4 is 6.29 Å². The second kappa shape index (κ2) is 5.29. The Morgan fingerprint density at radius 1 is 1.56 bits per heavy atom. The molecule has 0 atom stereocenters. The summed E-state index contributed by atoms with van der Waals surface area (Å²) < 4.78 is 0. The van der Waals surface area contributed by atoms with E-state index in [4.69, 9.17) is 0 Å². The van der Waals surface area contributed by atoms with Gasteiger partial charge in [0.05, 0.1) is 0 Å². The quantitative estimate of drug-likeness (QED) is 0.416. The molecule has 0 aromatic rings. The summed E-state index contributed by atoms with van der Waals surface area (Å²) in [6.07, 6.45) is 7.20. The van der Waals surface area contributed by atoms with Crippen LogP contribution in [0.25, 0.3) is 0 Å². The Morgan fingerprint density at radius 2 is 2.22 bits per heavy atom. The maximum Gasteiger partial charge on any atom is 0.123 e. The minimum Gasteiger partial charge on any atom is -0.303 e. The van der Waals surface area contributed by atoms with Gasteiger partial charge in [-0.25, -0.2) is 0 Å². The highest BCUT2D eigenvalue weighted by Gasteiger charge is 1.75. The third-order valence-electron chi connectivity index (χ3n) is 1.07. The van der Waals surface area contributed by atoms with Crippen molar-refractivity contribution in [2.24, 2.45) is 0 Å². The van der Waals surface area contributed by atoms with E-state index in [1.165, 1.54) is 5.57 Å². The first-order valence-corrected chi connectivity index (χ1v) is 3.04. The summed E-state index contributed by atoms with van der Waals surface area (Å²) in [5, 5.41) is 0. The van der Waals surface area contributed by atoms with Crippen LogP contribution in [0.4, 0.5) is 0 Å². The number of carbonyl (C=O) groups is 1. The van der Waals surface area contributed by atoms with Crippen LogP contribution in [0.15, 0.2) is 23.8 Å². The molecule has 0 bridgehead atoms. The predicted octanol–water partition coefficient (Wildman–Crippen LogP) is 2.10. The number of hydrogen-bond acceptors (Lipinski definition) is 1. The molecule has 0 amide bonds. The number of rotatable bonds is 3. The molecule has 0 heterocycles. The Labute approximate surface area is 56.1 Å². The van der Waals surface area contributed by atoms with Crippen molar-refractivity contribution in [3.8, 4) is 0 Å². The van der Waals surface area contributed by atoms with Gasteiger partial charge < -0.3 is 4.79 Å². The third-order valence-corrected chi connectivity index (χ3v) is 1.07. The van der Waals surface area contributed by atoms with Gasteiger partial charge in [-0.2, -0.15) is 0 Å². The van der Waals surface area contributed by atoms with Crippen LogP contribution in [0, 0.1) is 0 Å². The molecule has 0 aliphatic rings. The molecule has 1 heteroatoms. The molecule has 0 aromatic carbocycles. The molecule has 0 aromatic heterocycles. The Hall–Kier alpha value is -0.850. The van der Waals surface area contributed by atoms with Gasteiger partial charge in [-0.05, 0) is 13.8 Å². The second-order valence-corrected chi connectivity index (χ2v) is 1.84. The summed E-state index contributed by atoms with van der Waals surface area (Å²) in [5.74, 6) is 0. The number of aldehydes is 1. The van der Waals surface area contributed by atoms with Gasteiger partial charge in [0.1, 0.15) is 6.29 Å². The van der Waals surface area contributed by atoms with Crippen molar-refractivity contribution in [3.63, 3.8) is 0 Å². The third kappa shape index (κ3) is 5.01. The van der Waals surface area contributed by atoms with Crippen molar-refractivity contribution in [2.75, 3.05) is 0 Å². The maximum atomic E-state index is 9.80. The Morgan fingerprint density at radius 3 is 2.67 bits per heavy atom. The lowest BCUT2D eigenvalue weighted by atomic mass is 10.2. The molecular weight excluding hydrogens is 112 g/mol. The lowest BCUT2D eigenvalue weighted by Gasteiger charge is -1.83. The molecule has 0 saturated carbocycles. The van der Waals surface area contributed by atoms with Gasteiger partial charge in [0.25, 0.3) is 0 Å². The Bertz CT molecular complexity index is 132. The van der Waals surface area contributed by atoms with Gasteiger partial charge in [0.2, 0.25) is 0 Å². The van der Waals surface area contributed by atoms with Crippen molar-refractivity contribution < 1.29 is 4.79 Å². The fraction of sp³-hybridized carbons (Fsp3) is 0.375. The van der Waals surface area contributed by atoms with Crippen LogP contribution in [0.2, 0.25) is 0 Å². The van der Waals surface area contributed by atoms with Crippen LogP contribution >= 0.6 is 0 Å². The van der Waals surface area contributed by atoms with Gasteiger partial charge in [0, 0.05) is 6.42 Å². The van der Waals surface area contributed by atoms with Crippen LogP contribution < -0.4 is 0 Å². The van der Waals surface area contributed by atoms with E-state index < -0.39 is 0 Å². The fourth-order valence-electron chi connectivity index (χ4n) is 0.406. The topological polar surface area (TPSA) is 17.1 Å². The van der Waals surface area contributed by atoms with E-state index >= 15 is 0 Å². The van der Waals surface area contributed by atoms with Crippen molar-refractivity contribution in [2.45, 2.75) is 20.3 Å². The SMILES string of the molecule is C/C=C(C)/C=C/CC=O. The van der Waals surface area contributed by atoms with E-state index in [1.807, 2.05) is 32.1 Å². The molecule has 50 valence electrons. The standard InChI is InChI=1S/C8H12O/c1-3-8(2)6-4-5-7-9/h3-4,6-7H,5H2,1-2H3/b6-4+,8-3+. The summed E-state index contributed by atoms with van der Waals surface area (Å²) in [6.45, 7) is 3.97. The summed E-state index contributed by atoms with van der Waals surface area (Å²) in [7, 11) is 0. The van der Waals surface area contributed by atoms with Gasteiger partial charge in [0.15, 0.2) is 0 Å². The van der Waals surface area contributed by atoms with Crippen LogP contribution in [0.1, 0.15) is 20.3 Å². The highest BCUT2D eigenvalue weighted by Crippen LogP contribution is 1.93. The molecular formula is C8H12O. The summed E-state index contributed by atoms with van der Waals surface area (Å²) >= 11 is 0. The molecule has 0 spiro atoms. The van der Waals surface area contributed by atoms with E-state index in [0.29, 0.717) is 6.42 Å². The van der Waals surface area contributed by atoms with Crippen LogP contribution in [-0.4, -0.2) is 6.29 Å². The Balaban J connectivity index is 3.56. The molecule has 0 aliphatic carbocycles. The van der Waals surface area contributed by atoms with Crippen LogP contribution in [-0.2, 0) is 4.79 Å². The predicted molar refractivity (Wildman–Crippen MR) is 39.3 cm³/mol. The normalized spacial score (nSPS) is 12.4. The minimum atomic E-state index is 0.519. The molecule has 9 heavy (non-hydrogen) atoms. The van der Waals surface area contributed by atoms with Crippen LogP contribution in [0.5, 0.6) is 0 Å². The Kier molecular flexibility index (Phi) is 4.79. The first-order valence-electron chi connectivity index (χ1n) is 3.04. The highest BCUT2D eigenvalue weighted by atomic mass is 16.1. The van der Waals surface area contributed by atoms with Crippen molar-refractivity contribution in [1.82, 2.24) is 0 Å². The summed E-state index contributed by atoms with van der Waals surface area (Å²) in [4.78, 5) is 9.80. The zero-order valence-corrected chi connectivity index (χ0v) is 5.92. The van der Waals surface area contributed by atoms with E-state index in [0.717, 1.165) is 6.29 Å². The van der Waals surface area contributed by atoms with Gasteiger partial charge in [-0.1, -0.05) is 23.8 Å². The van der Waals surface area contributed by atoms with E-state index in [9.17, 15) is 4.79 Å². The van der Waals surface area contributed by atoms with Crippen LogP contribution in [0.3, 0.4) is 0 Å². The zero-order chi connectivity index (χ0) is 7.11. The average Bonchev–Trinajstić information content (AvgIpc) is 1.89. The van der Waals surface area contributed by atoms with Gasteiger partial charge >= 0.3 is 0 Å². The summed E-state index contributed by atoms with van der Waals surface area (Å²) in [5.41, 5.74) is 1.19. The molecule has 0 unspecified atom stereocenters.